The van der Waals surface area contributed by atoms with Crippen LogP contribution in [0, 0.1) is 13.8 Å². The van der Waals surface area contributed by atoms with Crippen molar-refractivity contribution in [3.05, 3.63) is 59.1 Å². The summed E-state index contributed by atoms with van der Waals surface area (Å²) in [6.45, 7) is 5.86. The van der Waals surface area contributed by atoms with Gasteiger partial charge in [0, 0.05) is 43.2 Å². The maximum Gasteiger partial charge on any atom is 0.273 e. The number of nitrogens with one attached hydrogen (secondary N) is 2. The molecular formula is C27H32N4O5. The van der Waals surface area contributed by atoms with Crippen molar-refractivity contribution in [2.24, 2.45) is 0 Å². The van der Waals surface area contributed by atoms with E-state index >= 15 is 0 Å². The topological polar surface area (TPSA) is 114 Å². The number of hydrogen-bond donors (Lipinski definition) is 2. The van der Waals surface area contributed by atoms with Crippen molar-refractivity contribution in [2.75, 3.05) is 32.8 Å². The standard InChI is InChI=1S/C27H32N4O5/c1-18-14-19(2)25-20(17-36-22(25)15-18)16-24(33)31-11-4-7-23(32)28-10-13-35-21-6-3-8-29-26(21)27(34)30-9-5-12-31/h3,6,8,14-15,17H,4-5,7,9-13,16H2,1-2H3,(H,28,32)(H,30,34). The molecule has 0 radical (unpaired) electrons. The summed E-state index contributed by atoms with van der Waals surface area (Å²) in [5, 5.41) is 6.66. The molecule has 190 valence electrons. The first kappa shape index (κ1) is 25.2. The highest BCUT2D eigenvalue weighted by atomic mass is 16.5. The number of hydrogen-bond acceptors (Lipinski definition) is 6. The minimum Gasteiger partial charge on any atom is -0.489 e. The lowest BCUT2D eigenvalue weighted by Gasteiger charge is -2.23. The second kappa shape index (κ2) is 11.7. The summed E-state index contributed by atoms with van der Waals surface area (Å²) < 4.78 is 11.4. The van der Waals surface area contributed by atoms with Gasteiger partial charge < -0.3 is 24.7 Å². The zero-order valence-electron chi connectivity index (χ0n) is 20.8. The van der Waals surface area contributed by atoms with Crippen LogP contribution in [0.25, 0.3) is 11.0 Å². The molecule has 0 fully saturated rings. The number of aryl methyl sites for hydroxylation is 2. The van der Waals surface area contributed by atoms with Crippen molar-refractivity contribution in [1.29, 1.82) is 0 Å². The van der Waals surface area contributed by atoms with Gasteiger partial charge in [0.1, 0.15) is 12.2 Å². The lowest BCUT2D eigenvalue weighted by atomic mass is 10.0. The van der Waals surface area contributed by atoms with Gasteiger partial charge >= 0.3 is 0 Å². The Labute approximate surface area is 210 Å². The van der Waals surface area contributed by atoms with E-state index in [9.17, 15) is 14.4 Å². The van der Waals surface area contributed by atoms with Crippen LogP contribution in [0.2, 0.25) is 0 Å². The number of amides is 3. The molecule has 1 aromatic carbocycles. The lowest BCUT2D eigenvalue weighted by Crippen LogP contribution is -2.37. The molecule has 3 amide bonds. The van der Waals surface area contributed by atoms with Gasteiger partial charge in [0.25, 0.3) is 5.91 Å². The van der Waals surface area contributed by atoms with E-state index in [0.717, 1.165) is 27.7 Å². The van der Waals surface area contributed by atoms with Crippen LogP contribution >= 0.6 is 0 Å². The lowest BCUT2D eigenvalue weighted by molar-refractivity contribution is -0.131. The van der Waals surface area contributed by atoms with E-state index in [4.69, 9.17) is 9.15 Å². The summed E-state index contributed by atoms with van der Waals surface area (Å²) in [5.41, 5.74) is 4.01. The molecule has 3 aromatic rings. The summed E-state index contributed by atoms with van der Waals surface area (Å²) in [6.07, 6.45) is 4.82. The van der Waals surface area contributed by atoms with Crippen molar-refractivity contribution in [3.8, 4) is 5.75 Å². The van der Waals surface area contributed by atoms with Gasteiger partial charge in [0.15, 0.2) is 11.4 Å². The third kappa shape index (κ3) is 6.21. The number of fused-ring (bicyclic) bond motifs is 2. The first-order valence-corrected chi connectivity index (χ1v) is 12.3. The monoisotopic (exact) mass is 492 g/mol. The highest BCUT2D eigenvalue weighted by Crippen LogP contribution is 2.27. The van der Waals surface area contributed by atoms with Gasteiger partial charge in [-0.1, -0.05) is 6.07 Å². The molecule has 0 saturated heterocycles. The summed E-state index contributed by atoms with van der Waals surface area (Å²) in [7, 11) is 0. The SMILES string of the molecule is Cc1cc(C)c2c(CC(=O)N3CCCNC(=O)c4ncccc4OCCNC(=O)CCC3)coc2c1. The second-order valence-corrected chi connectivity index (χ2v) is 9.04. The maximum absolute atomic E-state index is 13.3. The molecule has 0 atom stereocenters. The van der Waals surface area contributed by atoms with Gasteiger partial charge in [-0.2, -0.15) is 0 Å². The maximum atomic E-state index is 13.3. The van der Waals surface area contributed by atoms with Crippen molar-refractivity contribution in [3.63, 3.8) is 0 Å². The quantitative estimate of drug-likeness (QED) is 0.569. The number of benzene rings is 1. The molecule has 36 heavy (non-hydrogen) atoms. The Balaban J connectivity index is 1.46. The number of rotatable bonds is 2. The molecule has 0 saturated carbocycles. The van der Waals surface area contributed by atoms with Crippen LogP contribution in [-0.4, -0.2) is 60.4 Å². The number of ether oxygens (including phenoxy) is 1. The van der Waals surface area contributed by atoms with E-state index in [1.807, 2.05) is 19.9 Å². The molecule has 9 heteroatoms. The Bertz CT molecular complexity index is 1250. The second-order valence-electron chi connectivity index (χ2n) is 9.04. The van der Waals surface area contributed by atoms with Crippen molar-refractivity contribution in [1.82, 2.24) is 20.5 Å². The van der Waals surface area contributed by atoms with Gasteiger partial charge in [-0.15, -0.1) is 0 Å². The number of carbonyl (C=O) groups is 3. The Kier molecular flexibility index (Phi) is 8.20. The fourth-order valence-corrected chi connectivity index (χ4v) is 4.50. The molecule has 0 aliphatic carbocycles. The van der Waals surface area contributed by atoms with E-state index in [-0.39, 0.29) is 36.4 Å². The van der Waals surface area contributed by atoms with Crippen molar-refractivity contribution < 1.29 is 23.5 Å². The number of carbonyl (C=O) groups excluding carboxylic acids is 3. The molecule has 0 bridgehead atoms. The fourth-order valence-electron chi connectivity index (χ4n) is 4.50. The third-order valence-corrected chi connectivity index (χ3v) is 6.18. The molecule has 4 rings (SSSR count). The van der Waals surface area contributed by atoms with Crippen molar-refractivity contribution >= 4 is 28.7 Å². The van der Waals surface area contributed by atoms with Crippen LogP contribution in [0.1, 0.15) is 46.4 Å². The summed E-state index contributed by atoms with van der Waals surface area (Å²) in [5.74, 6) is -0.110. The van der Waals surface area contributed by atoms with Crippen LogP contribution in [0.3, 0.4) is 0 Å². The Hall–Kier alpha value is -3.88. The molecule has 9 nitrogen and oxygen atoms in total. The molecule has 3 heterocycles. The zero-order chi connectivity index (χ0) is 25.5. The summed E-state index contributed by atoms with van der Waals surface area (Å²) >= 11 is 0. The average molecular weight is 493 g/mol. The number of nitrogens with zero attached hydrogens (tertiary/aromatic N) is 2. The molecule has 1 aliphatic rings. The molecular weight excluding hydrogens is 460 g/mol. The van der Waals surface area contributed by atoms with E-state index in [2.05, 4.69) is 21.7 Å². The first-order chi connectivity index (χ1) is 17.4. The van der Waals surface area contributed by atoms with E-state index < -0.39 is 0 Å². The smallest absolute Gasteiger partial charge is 0.273 e. The Morgan fingerprint density at radius 1 is 1.11 bits per heavy atom. The minimum absolute atomic E-state index is 0.0362. The van der Waals surface area contributed by atoms with Crippen LogP contribution < -0.4 is 15.4 Å². The average Bonchev–Trinajstić information content (AvgIpc) is 3.25. The van der Waals surface area contributed by atoms with E-state index in [1.54, 1.807) is 23.3 Å². The normalized spacial score (nSPS) is 16.1. The van der Waals surface area contributed by atoms with Crippen LogP contribution in [-0.2, 0) is 16.0 Å². The number of aromatic nitrogens is 1. The highest BCUT2D eigenvalue weighted by Gasteiger charge is 2.19. The van der Waals surface area contributed by atoms with Crippen molar-refractivity contribution in [2.45, 2.75) is 39.5 Å². The summed E-state index contributed by atoms with van der Waals surface area (Å²) in [4.78, 5) is 44.1. The molecule has 0 unspecified atom stereocenters. The van der Waals surface area contributed by atoms with Crippen LogP contribution in [0.5, 0.6) is 5.75 Å². The Morgan fingerprint density at radius 3 is 2.81 bits per heavy atom. The molecule has 2 N–H and O–H groups in total. The van der Waals surface area contributed by atoms with Crippen LogP contribution in [0.4, 0.5) is 0 Å². The van der Waals surface area contributed by atoms with Gasteiger partial charge in [0.05, 0.1) is 19.2 Å². The van der Waals surface area contributed by atoms with Gasteiger partial charge in [-0.05, 0) is 56.0 Å². The summed E-state index contributed by atoms with van der Waals surface area (Å²) in [6, 6.07) is 7.42. The van der Waals surface area contributed by atoms with Gasteiger partial charge in [0.2, 0.25) is 11.8 Å². The van der Waals surface area contributed by atoms with E-state index in [1.165, 1.54) is 6.20 Å². The fraction of sp³-hybridized carbons (Fsp3) is 0.407. The minimum atomic E-state index is -0.338. The third-order valence-electron chi connectivity index (χ3n) is 6.18. The Morgan fingerprint density at radius 2 is 1.94 bits per heavy atom. The molecule has 2 aromatic heterocycles. The largest absolute Gasteiger partial charge is 0.489 e. The van der Waals surface area contributed by atoms with E-state index in [0.29, 0.717) is 51.2 Å². The van der Waals surface area contributed by atoms with Crippen LogP contribution in [0.15, 0.2) is 41.1 Å². The predicted octanol–water partition coefficient (Wildman–Crippen LogP) is 2.92. The zero-order valence-corrected chi connectivity index (χ0v) is 20.8. The number of pyridine rings is 1. The predicted molar refractivity (Wildman–Crippen MR) is 135 cm³/mol. The molecule has 1 aliphatic heterocycles. The first-order valence-electron chi connectivity index (χ1n) is 12.3. The number of furan rings is 1. The van der Waals surface area contributed by atoms with Gasteiger partial charge in [-0.25, -0.2) is 4.98 Å². The molecule has 0 spiro atoms. The van der Waals surface area contributed by atoms with Gasteiger partial charge in [-0.3, -0.25) is 14.4 Å². The highest BCUT2D eigenvalue weighted by molar-refractivity contribution is 5.95.